The van der Waals surface area contributed by atoms with Crippen LogP contribution in [0, 0.1) is 11.3 Å². The van der Waals surface area contributed by atoms with Crippen molar-refractivity contribution in [3.8, 4) is 17.6 Å². The smallest absolute Gasteiger partial charge is 0.150 e. The lowest BCUT2D eigenvalue weighted by Crippen LogP contribution is -2.39. The Morgan fingerprint density at radius 2 is 1.93 bits per heavy atom. The van der Waals surface area contributed by atoms with Gasteiger partial charge in [-0.15, -0.1) is 0 Å². The molecule has 29 heavy (non-hydrogen) atoms. The number of hydrogen-bond acceptors (Lipinski definition) is 6. The van der Waals surface area contributed by atoms with Crippen molar-refractivity contribution < 1.29 is 9.57 Å². The zero-order valence-corrected chi connectivity index (χ0v) is 17.0. The highest BCUT2D eigenvalue weighted by molar-refractivity contribution is 6.31. The third-order valence-corrected chi connectivity index (χ3v) is 4.58. The molecule has 6 nitrogen and oxygen atoms in total. The van der Waals surface area contributed by atoms with Crippen molar-refractivity contribution in [2.24, 2.45) is 0 Å². The molecule has 1 unspecified atom stereocenters. The van der Waals surface area contributed by atoms with E-state index in [1.807, 2.05) is 19.1 Å². The fraction of sp³-hybridized carbons (Fsp3) is 0.143. The van der Waals surface area contributed by atoms with E-state index in [9.17, 15) is 5.26 Å². The molecule has 0 spiro atoms. The molecule has 0 aliphatic rings. The quantitative estimate of drug-likeness (QED) is 0.499. The van der Waals surface area contributed by atoms with E-state index < -0.39 is 6.04 Å². The van der Waals surface area contributed by atoms with Crippen molar-refractivity contribution in [3.63, 3.8) is 0 Å². The molecule has 2 aromatic carbocycles. The van der Waals surface area contributed by atoms with Crippen LogP contribution in [0.15, 0.2) is 60.8 Å². The van der Waals surface area contributed by atoms with E-state index in [0.717, 1.165) is 5.56 Å². The Balaban J connectivity index is 1.77. The molecule has 1 heterocycles. The molecular formula is C21H18Cl2N4O2. The van der Waals surface area contributed by atoms with Crippen LogP contribution in [0.5, 0.6) is 11.5 Å². The molecule has 0 radical (unpaired) electrons. The van der Waals surface area contributed by atoms with Crippen LogP contribution in [-0.2, 0) is 0 Å². The van der Waals surface area contributed by atoms with Crippen molar-refractivity contribution in [2.45, 2.75) is 13.0 Å². The van der Waals surface area contributed by atoms with Gasteiger partial charge in [0.05, 0.1) is 28.9 Å². The first-order valence-electron chi connectivity index (χ1n) is 8.82. The van der Waals surface area contributed by atoms with Gasteiger partial charge in [-0.25, -0.2) is 5.43 Å². The summed E-state index contributed by atoms with van der Waals surface area (Å²) in [6, 6.07) is 17.5. The lowest BCUT2D eigenvalue weighted by molar-refractivity contribution is 0.137. The minimum Gasteiger partial charge on any atom is -0.492 e. The van der Waals surface area contributed by atoms with Crippen LogP contribution in [0.3, 0.4) is 0 Å². The van der Waals surface area contributed by atoms with Crippen molar-refractivity contribution in [3.05, 3.63) is 87.7 Å². The van der Waals surface area contributed by atoms with Crippen molar-refractivity contribution in [1.29, 1.82) is 5.26 Å². The molecule has 8 heteroatoms. The van der Waals surface area contributed by atoms with Crippen LogP contribution in [-0.4, -0.2) is 11.6 Å². The Bertz CT molecular complexity index is 1010. The molecule has 1 aromatic heterocycles. The maximum atomic E-state index is 9.28. The Kier molecular flexibility index (Phi) is 7.28. The molecule has 1 atom stereocenters. The average molecular weight is 429 g/mol. The largest absolute Gasteiger partial charge is 0.492 e. The number of benzene rings is 2. The minimum absolute atomic E-state index is 0.383. The first-order valence-corrected chi connectivity index (χ1v) is 9.58. The van der Waals surface area contributed by atoms with E-state index >= 15 is 0 Å². The van der Waals surface area contributed by atoms with E-state index in [-0.39, 0.29) is 0 Å². The van der Waals surface area contributed by atoms with Gasteiger partial charge in [0, 0.05) is 17.3 Å². The van der Waals surface area contributed by atoms with Crippen LogP contribution in [0.1, 0.15) is 29.8 Å². The maximum Gasteiger partial charge on any atom is 0.150 e. The number of nitrogens with zero attached hydrogens (tertiary/aromatic N) is 2. The number of pyridine rings is 1. The Hall–Kier alpha value is -2.82. The van der Waals surface area contributed by atoms with Gasteiger partial charge in [0.1, 0.15) is 11.8 Å². The molecule has 0 aliphatic carbocycles. The van der Waals surface area contributed by atoms with Gasteiger partial charge in [0.15, 0.2) is 5.75 Å². The lowest BCUT2D eigenvalue weighted by Gasteiger charge is -2.20. The topological polar surface area (TPSA) is 79.2 Å². The highest BCUT2D eigenvalue weighted by Gasteiger charge is 2.18. The summed E-state index contributed by atoms with van der Waals surface area (Å²) in [5.74, 6) is 0.953. The molecule has 0 saturated carbocycles. The summed E-state index contributed by atoms with van der Waals surface area (Å²) in [5.41, 5.74) is 7.66. The number of hydrazine groups is 1. The molecular weight excluding hydrogens is 411 g/mol. The molecule has 0 saturated heterocycles. The van der Waals surface area contributed by atoms with Crippen LogP contribution in [0.4, 0.5) is 0 Å². The summed E-state index contributed by atoms with van der Waals surface area (Å²) < 4.78 is 5.42. The van der Waals surface area contributed by atoms with Crippen LogP contribution in [0.2, 0.25) is 10.0 Å². The third kappa shape index (κ3) is 5.37. The van der Waals surface area contributed by atoms with E-state index in [1.54, 1.807) is 48.7 Å². The summed E-state index contributed by atoms with van der Waals surface area (Å²) in [7, 11) is 0. The Labute approximate surface area is 178 Å². The predicted octanol–water partition coefficient (Wildman–Crippen LogP) is 4.84. The number of halogens is 2. The third-order valence-electron chi connectivity index (χ3n) is 4.01. The summed E-state index contributed by atoms with van der Waals surface area (Å²) >= 11 is 12.3. The van der Waals surface area contributed by atoms with E-state index in [2.05, 4.69) is 22.1 Å². The normalized spacial score (nSPS) is 11.5. The molecule has 3 rings (SSSR count). The number of rotatable bonds is 8. The number of aromatic nitrogens is 1. The van der Waals surface area contributed by atoms with E-state index in [1.165, 1.54) is 0 Å². The zero-order chi connectivity index (χ0) is 20.6. The van der Waals surface area contributed by atoms with Gasteiger partial charge in [-0.3, -0.25) is 4.98 Å². The summed E-state index contributed by atoms with van der Waals surface area (Å²) in [6.07, 6.45) is 1.66. The number of ether oxygens (including phenoxy) is 1. The van der Waals surface area contributed by atoms with Crippen LogP contribution < -0.4 is 20.6 Å². The molecule has 0 fully saturated rings. The van der Waals surface area contributed by atoms with Crippen molar-refractivity contribution in [2.75, 3.05) is 6.61 Å². The van der Waals surface area contributed by atoms with Gasteiger partial charge in [0.25, 0.3) is 0 Å². The van der Waals surface area contributed by atoms with Crippen LogP contribution >= 0.6 is 23.2 Å². The van der Waals surface area contributed by atoms with Crippen LogP contribution in [0.25, 0.3) is 0 Å². The van der Waals surface area contributed by atoms with Gasteiger partial charge >= 0.3 is 0 Å². The highest BCUT2D eigenvalue weighted by Crippen LogP contribution is 2.27. The highest BCUT2D eigenvalue weighted by atomic mass is 35.5. The second-order valence-corrected chi connectivity index (χ2v) is 6.75. The second-order valence-electron chi connectivity index (χ2n) is 5.91. The monoisotopic (exact) mass is 428 g/mol. The Morgan fingerprint density at radius 1 is 1.14 bits per heavy atom. The van der Waals surface area contributed by atoms with Gasteiger partial charge in [-0.1, -0.05) is 40.9 Å². The van der Waals surface area contributed by atoms with Gasteiger partial charge in [-0.2, -0.15) is 5.26 Å². The summed E-state index contributed by atoms with van der Waals surface area (Å²) in [6.45, 7) is 2.33. The number of nitriles is 1. The molecule has 0 aliphatic heterocycles. The molecule has 0 amide bonds. The molecule has 3 aromatic rings. The lowest BCUT2D eigenvalue weighted by atomic mass is 10.0. The van der Waals surface area contributed by atoms with E-state index in [4.69, 9.17) is 32.8 Å². The zero-order valence-electron chi connectivity index (χ0n) is 15.5. The molecule has 148 valence electrons. The molecule has 0 bridgehead atoms. The van der Waals surface area contributed by atoms with Gasteiger partial charge < -0.3 is 9.57 Å². The SMILES string of the molecule is CCOc1ccc(ONNC(c2ccc(Cl)cc2)c2ncccc2Cl)cc1C#N. The van der Waals surface area contributed by atoms with Gasteiger partial charge in [-0.05, 0) is 48.9 Å². The van der Waals surface area contributed by atoms with E-state index in [0.29, 0.717) is 39.4 Å². The minimum atomic E-state index is -0.404. The fourth-order valence-electron chi connectivity index (χ4n) is 2.66. The average Bonchev–Trinajstić information content (AvgIpc) is 2.74. The predicted molar refractivity (Wildman–Crippen MR) is 112 cm³/mol. The standard InChI is InChI=1S/C21H18Cl2N4O2/c1-2-28-19-10-9-17(12-15(19)13-24)29-27-26-20(14-5-7-16(22)8-6-14)21-18(23)4-3-11-25-21/h3-12,20,26-27H,2H2,1H3. The summed E-state index contributed by atoms with van der Waals surface area (Å²) in [4.78, 5) is 9.93. The second kappa shape index (κ2) is 10.1. The fourth-order valence-corrected chi connectivity index (χ4v) is 3.02. The van der Waals surface area contributed by atoms with Gasteiger partial charge in [0.2, 0.25) is 0 Å². The van der Waals surface area contributed by atoms with Crippen molar-refractivity contribution >= 4 is 23.2 Å². The Morgan fingerprint density at radius 3 is 2.62 bits per heavy atom. The number of hydrogen-bond donors (Lipinski definition) is 2. The van der Waals surface area contributed by atoms with Crippen molar-refractivity contribution in [1.82, 2.24) is 16.0 Å². The first-order chi connectivity index (χ1) is 14.1. The summed E-state index contributed by atoms with van der Waals surface area (Å²) in [5, 5.41) is 10.4. The maximum absolute atomic E-state index is 9.28. The first kappa shape index (κ1) is 20.9. The number of nitrogens with one attached hydrogen (secondary N) is 2. The molecule has 2 N–H and O–H groups in total.